The Balaban J connectivity index is 3.54. The van der Waals surface area contributed by atoms with Gasteiger partial charge in [0.05, 0.1) is 0 Å². The quantitative estimate of drug-likeness (QED) is 0.332. The minimum Gasteiger partial charge on any atom is -0.141 e. The summed E-state index contributed by atoms with van der Waals surface area (Å²) in [6, 6.07) is 0. The largest absolute Gasteiger partial charge is 0.330 e. The van der Waals surface area contributed by atoms with Gasteiger partial charge in [-0.25, -0.2) is 0 Å². The molecule has 0 aliphatic heterocycles. The first-order valence-electron chi connectivity index (χ1n) is 1.19. The Bertz CT molecular complexity index is 53.6. The predicted molar refractivity (Wildman–Crippen MR) is 37.8 cm³/mol. The minimum atomic E-state index is -1.81. The number of halogens is 5. The average molecular weight is 217 g/mol. The normalized spacial score (nSPS) is 12.9. The van der Waals surface area contributed by atoms with Gasteiger partial charge in [-0.2, -0.15) is 0 Å². The highest BCUT2D eigenvalue weighted by Crippen LogP contribution is 2.32. The molecule has 1 radical (unpaired) electrons. The second kappa shape index (κ2) is 2.99. The highest BCUT2D eigenvalue weighted by molar-refractivity contribution is 7.41. The van der Waals surface area contributed by atoms with E-state index in [4.69, 9.17) is 57.0 Å². The summed E-state index contributed by atoms with van der Waals surface area (Å²) in [6.07, 6.45) is 0. The van der Waals surface area contributed by atoms with Crippen LogP contribution in [-0.4, -0.2) is 10.8 Å². The first kappa shape index (κ1) is 8.67. The van der Waals surface area contributed by atoms with Crippen LogP contribution in [0, 0.1) is 0 Å². The van der Waals surface area contributed by atoms with Gasteiger partial charge in [0, 0.05) is 0 Å². The highest BCUT2D eigenvalue weighted by Gasteiger charge is 2.32. The highest BCUT2D eigenvalue weighted by atomic mass is 35.7. The molecule has 6 heteroatoms. The van der Waals surface area contributed by atoms with Crippen molar-refractivity contribution in [2.75, 3.05) is 0 Å². The van der Waals surface area contributed by atoms with Crippen LogP contribution in [0.15, 0.2) is 0 Å². The maximum atomic E-state index is 5.23. The monoisotopic (exact) mass is 215 g/mol. The van der Waals surface area contributed by atoms with E-state index in [-0.39, 0.29) is 0 Å². The van der Waals surface area contributed by atoms with Gasteiger partial charge in [-0.3, -0.25) is 0 Å². The molecule has 0 spiro atoms. The topological polar surface area (TPSA) is 0 Å². The molecule has 43 valence electrons. The summed E-state index contributed by atoms with van der Waals surface area (Å²) in [5.74, 6) is 0. The molecule has 0 aromatic heterocycles. The van der Waals surface area contributed by atoms with Crippen LogP contribution >= 0.6 is 57.0 Å². The van der Waals surface area contributed by atoms with Gasteiger partial charge in [-0.05, 0) is 0 Å². The summed E-state index contributed by atoms with van der Waals surface area (Å²) in [7, 11) is -1.81. The van der Waals surface area contributed by atoms with Crippen LogP contribution in [0.2, 0.25) is 0 Å². The molecule has 0 amide bonds. The Morgan fingerprint density at radius 2 is 1.14 bits per heavy atom. The molecule has 0 saturated heterocycles. The zero-order chi connectivity index (χ0) is 6.08. The second-order valence-corrected chi connectivity index (χ2v) is 8.11. The Morgan fingerprint density at radius 1 is 1.00 bits per heavy atom. The summed E-state index contributed by atoms with van der Waals surface area (Å²) in [6.45, 7) is 0. The van der Waals surface area contributed by atoms with Crippen molar-refractivity contribution in [3.63, 3.8) is 0 Å². The van der Waals surface area contributed by atoms with E-state index in [9.17, 15) is 0 Å². The lowest BCUT2D eigenvalue weighted by atomic mass is 11.8. The van der Waals surface area contributed by atoms with E-state index in [1.54, 1.807) is 0 Å². The number of hydrogen-bond donors (Lipinski definition) is 0. The van der Waals surface area contributed by atoms with Crippen molar-refractivity contribution in [2.24, 2.45) is 0 Å². The third-order valence-corrected chi connectivity index (χ3v) is 5.79. The standard InChI is InChI=1S/CCl5Si/c2-1(3,4)7(5)6. The average Bonchev–Trinajstić information content (AvgIpc) is 1.31. The zero-order valence-electron chi connectivity index (χ0n) is 2.89. The number of alkyl halides is 3. The van der Waals surface area contributed by atoms with E-state index in [0.717, 1.165) is 0 Å². The van der Waals surface area contributed by atoms with Crippen molar-refractivity contribution in [3.05, 3.63) is 0 Å². The molecule has 0 aromatic rings. The summed E-state index contributed by atoms with van der Waals surface area (Å²) in [5, 5.41) is 0. The molecule has 0 nitrogen and oxygen atoms in total. The Hall–Kier alpha value is 1.67. The third kappa shape index (κ3) is 4.19. The smallest absolute Gasteiger partial charge is 0.141 e. The van der Waals surface area contributed by atoms with Crippen LogP contribution in [-0.2, 0) is 0 Å². The predicted octanol–water partition coefficient (Wildman–Crippen LogP) is 2.86. The number of rotatable bonds is 0. The van der Waals surface area contributed by atoms with E-state index < -0.39 is 10.8 Å². The lowest BCUT2D eigenvalue weighted by Gasteiger charge is -2.06. The molecule has 0 N–H and O–H groups in total. The van der Waals surface area contributed by atoms with Crippen molar-refractivity contribution in [3.8, 4) is 0 Å². The molecule has 0 atom stereocenters. The van der Waals surface area contributed by atoms with Crippen molar-refractivity contribution < 1.29 is 0 Å². The van der Waals surface area contributed by atoms with Gasteiger partial charge >= 0.3 is 7.42 Å². The van der Waals surface area contributed by atoms with Crippen LogP contribution in [0.3, 0.4) is 0 Å². The maximum Gasteiger partial charge on any atom is 0.330 e. The molecular weight excluding hydrogens is 217 g/mol. The Morgan fingerprint density at radius 3 is 1.14 bits per heavy atom. The molecular formula is CCl5Si. The second-order valence-electron chi connectivity index (χ2n) is 0.758. The zero-order valence-corrected chi connectivity index (χ0v) is 7.67. The van der Waals surface area contributed by atoms with Crippen molar-refractivity contribution in [1.82, 2.24) is 0 Å². The molecule has 0 bridgehead atoms. The lowest BCUT2D eigenvalue weighted by Crippen LogP contribution is -2.17. The van der Waals surface area contributed by atoms with Gasteiger partial charge < -0.3 is 0 Å². The SMILES string of the molecule is Cl[Si](Cl)C(Cl)(Cl)Cl. The lowest BCUT2D eigenvalue weighted by molar-refractivity contribution is 1.72. The molecule has 7 heavy (non-hydrogen) atoms. The summed E-state index contributed by atoms with van der Waals surface area (Å²) in [5.41, 5.74) is 0. The Labute approximate surface area is 67.6 Å². The van der Waals surface area contributed by atoms with Crippen LogP contribution in [0.1, 0.15) is 0 Å². The van der Waals surface area contributed by atoms with Crippen molar-refractivity contribution in [2.45, 2.75) is 3.42 Å². The third-order valence-electron chi connectivity index (χ3n) is 0.214. The molecule has 0 aliphatic carbocycles. The molecule has 0 aliphatic rings. The molecule has 0 rings (SSSR count). The van der Waals surface area contributed by atoms with E-state index in [1.165, 1.54) is 0 Å². The summed E-state index contributed by atoms with van der Waals surface area (Å²) in [4.78, 5) is 0. The van der Waals surface area contributed by atoms with Gasteiger partial charge in [0.1, 0.15) is 0 Å². The fourth-order valence-electron chi connectivity index (χ4n) is 0. The van der Waals surface area contributed by atoms with E-state index in [1.807, 2.05) is 0 Å². The first-order chi connectivity index (χ1) is 2.94. The van der Waals surface area contributed by atoms with Crippen LogP contribution < -0.4 is 0 Å². The van der Waals surface area contributed by atoms with E-state index >= 15 is 0 Å². The molecule has 0 heterocycles. The number of hydrogen-bond acceptors (Lipinski definition) is 0. The molecule has 0 saturated carbocycles. The van der Waals surface area contributed by atoms with Crippen molar-refractivity contribution >= 4 is 64.4 Å². The molecule has 0 fully saturated rings. The van der Waals surface area contributed by atoms with E-state index in [0.29, 0.717) is 0 Å². The van der Waals surface area contributed by atoms with E-state index in [2.05, 4.69) is 0 Å². The van der Waals surface area contributed by atoms with Crippen LogP contribution in [0.25, 0.3) is 0 Å². The molecule has 0 aromatic carbocycles. The fourth-order valence-corrected chi connectivity index (χ4v) is 0. The van der Waals surface area contributed by atoms with Gasteiger partial charge in [0.25, 0.3) is 0 Å². The molecule has 0 unspecified atom stereocenters. The fraction of sp³-hybridized carbons (Fsp3) is 1.00. The van der Waals surface area contributed by atoms with Gasteiger partial charge in [-0.1, -0.05) is 34.8 Å². The first-order valence-corrected chi connectivity index (χ1v) is 5.85. The van der Waals surface area contributed by atoms with Gasteiger partial charge in [-0.15, -0.1) is 22.2 Å². The van der Waals surface area contributed by atoms with Crippen molar-refractivity contribution in [1.29, 1.82) is 0 Å². The van der Waals surface area contributed by atoms with Gasteiger partial charge in [0.15, 0.2) is 0 Å². The van der Waals surface area contributed by atoms with Gasteiger partial charge in [0.2, 0.25) is 3.42 Å². The maximum absolute atomic E-state index is 5.23. The minimum absolute atomic E-state index is 1.45. The summed E-state index contributed by atoms with van der Waals surface area (Å²) < 4.78 is -1.45. The van der Waals surface area contributed by atoms with Crippen LogP contribution in [0.4, 0.5) is 0 Å². The summed E-state index contributed by atoms with van der Waals surface area (Å²) >= 11 is 26.0. The van der Waals surface area contributed by atoms with Crippen LogP contribution in [0.5, 0.6) is 0 Å². The Kier molecular flexibility index (Phi) is 3.71.